The van der Waals surface area contributed by atoms with Crippen molar-refractivity contribution in [3.63, 3.8) is 0 Å². The lowest BCUT2D eigenvalue weighted by molar-refractivity contribution is 0.260. The van der Waals surface area contributed by atoms with Crippen molar-refractivity contribution in [1.29, 1.82) is 0 Å². The highest BCUT2D eigenvalue weighted by molar-refractivity contribution is 14.0. The van der Waals surface area contributed by atoms with Gasteiger partial charge >= 0.3 is 0 Å². The van der Waals surface area contributed by atoms with E-state index in [1.807, 2.05) is 25.5 Å². The molecule has 164 valence electrons. The zero-order valence-corrected chi connectivity index (χ0v) is 20.2. The molecule has 0 atom stereocenters. The molecule has 1 aromatic rings. The lowest BCUT2D eigenvalue weighted by Gasteiger charge is -2.34. The van der Waals surface area contributed by atoms with Gasteiger partial charge in [-0.1, -0.05) is 32.1 Å². The standard InChI is InChI=1S/C21H37N7.HI/c1-22-20(23-10-5-9-19-7-3-2-4-8-19)24-13-14-27-15-17-28(18-16-27)21-25-11-6-12-26-21;/h6,11-12,19H,2-5,7-10,13-18H2,1H3,(H2,22,23,24);1H. The SMILES string of the molecule is CN=C(NCCCC1CCCCC1)NCCN1CCN(c2ncccn2)CC1.I. The molecule has 2 fully saturated rings. The summed E-state index contributed by atoms with van der Waals surface area (Å²) >= 11 is 0. The summed E-state index contributed by atoms with van der Waals surface area (Å²) in [5.41, 5.74) is 0. The van der Waals surface area contributed by atoms with Crippen molar-refractivity contribution in [2.75, 3.05) is 57.8 Å². The Hall–Kier alpha value is -1.16. The highest BCUT2D eigenvalue weighted by Gasteiger charge is 2.18. The fraction of sp³-hybridized carbons (Fsp3) is 0.762. The molecule has 0 amide bonds. The second-order valence-corrected chi connectivity index (χ2v) is 7.95. The number of nitrogens with one attached hydrogen (secondary N) is 2. The topological polar surface area (TPSA) is 68.7 Å². The van der Waals surface area contributed by atoms with Gasteiger partial charge in [-0.3, -0.25) is 9.89 Å². The van der Waals surface area contributed by atoms with Crippen LogP contribution in [0.1, 0.15) is 44.9 Å². The van der Waals surface area contributed by atoms with E-state index in [1.165, 1.54) is 44.9 Å². The smallest absolute Gasteiger partial charge is 0.225 e. The van der Waals surface area contributed by atoms with Gasteiger partial charge < -0.3 is 15.5 Å². The third-order valence-corrected chi connectivity index (χ3v) is 5.96. The van der Waals surface area contributed by atoms with Gasteiger partial charge in [-0.2, -0.15) is 0 Å². The van der Waals surface area contributed by atoms with Crippen LogP contribution in [0.3, 0.4) is 0 Å². The van der Waals surface area contributed by atoms with Crippen molar-refractivity contribution in [1.82, 2.24) is 25.5 Å². The molecular formula is C21H38IN7. The maximum absolute atomic E-state index is 4.36. The molecule has 1 saturated heterocycles. The van der Waals surface area contributed by atoms with Gasteiger partial charge in [0.2, 0.25) is 5.95 Å². The second kappa shape index (κ2) is 14.0. The third kappa shape index (κ3) is 8.62. The highest BCUT2D eigenvalue weighted by Crippen LogP contribution is 2.26. The monoisotopic (exact) mass is 515 g/mol. The summed E-state index contributed by atoms with van der Waals surface area (Å²) < 4.78 is 0. The van der Waals surface area contributed by atoms with Crippen molar-refractivity contribution in [3.8, 4) is 0 Å². The van der Waals surface area contributed by atoms with Crippen LogP contribution >= 0.6 is 24.0 Å². The largest absolute Gasteiger partial charge is 0.356 e. The number of nitrogens with zero attached hydrogens (tertiary/aromatic N) is 5. The van der Waals surface area contributed by atoms with E-state index in [2.05, 4.69) is 35.4 Å². The lowest BCUT2D eigenvalue weighted by Crippen LogP contribution is -2.49. The average molecular weight is 515 g/mol. The number of hydrogen-bond acceptors (Lipinski definition) is 5. The molecule has 0 radical (unpaired) electrons. The predicted octanol–water partition coefficient (Wildman–Crippen LogP) is 2.74. The van der Waals surface area contributed by atoms with Crippen LogP contribution in [0.2, 0.25) is 0 Å². The summed E-state index contributed by atoms with van der Waals surface area (Å²) in [5.74, 6) is 2.74. The Labute approximate surface area is 193 Å². The minimum atomic E-state index is 0. The van der Waals surface area contributed by atoms with Gasteiger partial charge in [-0.15, -0.1) is 24.0 Å². The lowest BCUT2D eigenvalue weighted by atomic mass is 9.86. The van der Waals surface area contributed by atoms with Crippen molar-refractivity contribution >= 4 is 35.9 Å². The van der Waals surface area contributed by atoms with Crippen molar-refractivity contribution in [2.45, 2.75) is 44.9 Å². The Balaban J connectivity index is 0.00000300. The van der Waals surface area contributed by atoms with E-state index in [-0.39, 0.29) is 24.0 Å². The number of anilines is 1. The summed E-state index contributed by atoms with van der Waals surface area (Å²) in [5, 5.41) is 6.93. The Bertz CT molecular complexity index is 570. The number of aromatic nitrogens is 2. The molecule has 0 bridgehead atoms. The molecule has 2 heterocycles. The molecule has 2 aliphatic rings. The van der Waals surface area contributed by atoms with E-state index >= 15 is 0 Å². The molecule has 0 spiro atoms. The van der Waals surface area contributed by atoms with E-state index in [1.54, 1.807) is 0 Å². The Morgan fingerprint density at radius 1 is 1.03 bits per heavy atom. The van der Waals surface area contributed by atoms with Crippen molar-refractivity contribution in [3.05, 3.63) is 18.5 Å². The van der Waals surface area contributed by atoms with Crippen LogP contribution in [0.5, 0.6) is 0 Å². The molecule has 1 aliphatic heterocycles. The zero-order chi connectivity index (χ0) is 19.4. The predicted molar refractivity (Wildman–Crippen MR) is 131 cm³/mol. The number of halogens is 1. The van der Waals surface area contributed by atoms with Crippen LogP contribution in [-0.2, 0) is 0 Å². The van der Waals surface area contributed by atoms with Crippen LogP contribution in [0.25, 0.3) is 0 Å². The molecule has 1 aliphatic carbocycles. The van der Waals surface area contributed by atoms with Crippen molar-refractivity contribution < 1.29 is 0 Å². The Morgan fingerprint density at radius 3 is 2.41 bits per heavy atom. The van der Waals surface area contributed by atoms with Gasteiger partial charge in [0, 0.05) is 65.3 Å². The van der Waals surface area contributed by atoms with Gasteiger partial charge in [0.25, 0.3) is 0 Å². The molecule has 3 rings (SSSR count). The molecule has 0 aromatic carbocycles. The molecule has 29 heavy (non-hydrogen) atoms. The summed E-state index contributed by atoms with van der Waals surface area (Å²) in [7, 11) is 1.86. The fourth-order valence-electron chi connectivity index (χ4n) is 4.25. The Kier molecular flexibility index (Phi) is 11.6. The van der Waals surface area contributed by atoms with Crippen LogP contribution in [0.4, 0.5) is 5.95 Å². The molecule has 2 N–H and O–H groups in total. The molecule has 8 heteroatoms. The van der Waals surface area contributed by atoms with Crippen LogP contribution in [-0.4, -0.2) is 73.7 Å². The van der Waals surface area contributed by atoms with Crippen LogP contribution in [0, 0.1) is 5.92 Å². The van der Waals surface area contributed by atoms with E-state index in [9.17, 15) is 0 Å². The van der Waals surface area contributed by atoms with Crippen molar-refractivity contribution in [2.24, 2.45) is 10.9 Å². The maximum Gasteiger partial charge on any atom is 0.225 e. The van der Waals surface area contributed by atoms with Gasteiger partial charge in [-0.25, -0.2) is 9.97 Å². The van der Waals surface area contributed by atoms with Gasteiger partial charge in [0.15, 0.2) is 5.96 Å². The van der Waals surface area contributed by atoms with Crippen LogP contribution < -0.4 is 15.5 Å². The van der Waals surface area contributed by atoms with Crippen LogP contribution in [0.15, 0.2) is 23.5 Å². The quantitative estimate of drug-likeness (QED) is 0.240. The molecule has 7 nitrogen and oxygen atoms in total. The summed E-state index contributed by atoms with van der Waals surface area (Å²) in [6.07, 6.45) is 13.4. The van der Waals surface area contributed by atoms with Gasteiger partial charge in [0.05, 0.1) is 0 Å². The first-order chi connectivity index (χ1) is 13.8. The number of guanidine groups is 1. The maximum atomic E-state index is 4.36. The van der Waals surface area contributed by atoms with E-state index < -0.39 is 0 Å². The number of piperazine rings is 1. The van der Waals surface area contributed by atoms with E-state index in [0.717, 1.165) is 63.6 Å². The molecule has 0 unspecified atom stereocenters. The van der Waals surface area contributed by atoms with E-state index in [0.29, 0.717) is 0 Å². The first kappa shape index (κ1) is 24.1. The Morgan fingerprint density at radius 2 is 1.72 bits per heavy atom. The fourth-order valence-corrected chi connectivity index (χ4v) is 4.25. The molecular weight excluding hydrogens is 477 g/mol. The minimum absolute atomic E-state index is 0. The zero-order valence-electron chi connectivity index (χ0n) is 17.9. The van der Waals surface area contributed by atoms with Gasteiger partial charge in [-0.05, 0) is 24.8 Å². The molecule has 1 saturated carbocycles. The van der Waals surface area contributed by atoms with E-state index in [4.69, 9.17) is 0 Å². The molecule has 1 aromatic heterocycles. The summed E-state index contributed by atoms with van der Waals surface area (Å²) in [6, 6.07) is 1.86. The normalized spacial score (nSPS) is 18.9. The first-order valence-electron chi connectivity index (χ1n) is 11.0. The highest BCUT2D eigenvalue weighted by atomic mass is 127. The van der Waals surface area contributed by atoms with Gasteiger partial charge in [0.1, 0.15) is 0 Å². The average Bonchev–Trinajstić information content (AvgIpc) is 2.77. The first-order valence-corrected chi connectivity index (χ1v) is 11.0. The summed E-state index contributed by atoms with van der Waals surface area (Å²) in [4.78, 5) is 17.8. The third-order valence-electron chi connectivity index (χ3n) is 5.96. The number of aliphatic imine (C=N–C) groups is 1. The second-order valence-electron chi connectivity index (χ2n) is 7.95. The summed E-state index contributed by atoms with van der Waals surface area (Å²) in [6.45, 7) is 7.04. The number of hydrogen-bond donors (Lipinski definition) is 2. The minimum Gasteiger partial charge on any atom is -0.356 e. The number of rotatable bonds is 8.